The molecule has 1 aliphatic rings. The smallest absolute Gasteiger partial charge is 0.336 e. The number of rotatable bonds is 4. The van der Waals surface area contributed by atoms with Gasteiger partial charge < -0.3 is 10.1 Å². The number of anilines is 2. The number of hydrogen-bond donors (Lipinski definition) is 1. The van der Waals surface area contributed by atoms with E-state index in [1.807, 2.05) is 0 Å². The Hall–Kier alpha value is -3.19. The summed E-state index contributed by atoms with van der Waals surface area (Å²) < 4.78 is 18.7. The maximum Gasteiger partial charge on any atom is 0.336 e. The Kier molecular flexibility index (Phi) is 5.98. The molecule has 2 aromatic carbocycles. The summed E-state index contributed by atoms with van der Waals surface area (Å²) >= 11 is 5.91. The van der Waals surface area contributed by atoms with E-state index >= 15 is 0 Å². The number of para-hydroxylation sites is 1. The Morgan fingerprint density at radius 1 is 1.17 bits per heavy atom. The summed E-state index contributed by atoms with van der Waals surface area (Å²) in [5.41, 5.74) is 0.776. The van der Waals surface area contributed by atoms with Crippen molar-refractivity contribution in [1.82, 2.24) is 0 Å². The minimum Gasteiger partial charge on any atom is -0.466 e. The Morgan fingerprint density at radius 3 is 2.45 bits per heavy atom. The van der Waals surface area contributed by atoms with E-state index in [0.717, 1.165) is 0 Å². The summed E-state index contributed by atoms with van der Waals surface area (Å²) in [4.78, 5) is 39.5. The van der Waals surface area contributed by atoms with Crippen molar-refractivity contribution in [3.05, 3.63) is 70.6 Å². The number of esters is 1. The molecular formula is C21H18ClFN2O4. The molecule has 0 radical (unpaired) electrons. The highest BCUT2D eigenvalue weighted by Gasteiger charge is 2.40. The molecule has 0 aliphatic carbocycles. The second-order valence-electron chi connectivity index (χ2n) is 6.42. The number of ether oxygens (including phenoxy) is 1. The largest absolute Gasteiger partial charge is 0.466 e. The van der Waals surface area contributed by atoms with Gasteiger partial charge in [-0.05, 0) is 43.3 Å². The molecule has 6 nitrogen and oxygen atoms in total. The van der Waals surface area contributed by atoms with Crippen molar-refractivity contribution >= 4 is 40.8 Å². The van der Waals surface area contributed by atoms with E-state index < -0.39 is 23.6 Å². The van der Waals surface area contributed by atoms with E-state index in [4.69, 9.17) is 16.3 Å². The molecule has 150 valence electrons. The Bertz CT molecular complexity index is 1000. The minimum absolute atomic E-state index is 0.0352. The molecule has 8 heteroatoms. The lowest BCUT2D eigenvalue weighted by Gasteiger charge is -2.33. The molecule has 0 fully saturated rings. The number of nitrogens with one attached hydrogen (secondary N) is 1. The average molecular weight is 417 g/mol. The van der Waals surface area contributed by atoms with E-state index in [2.05, 4.69) is 5.32 Å². The first-order valence-electron chi connectivity index (χ1n) is 8.76. The number of halogens is 2. The molecule has 0 saturated heterocycles. The molecule has 2 aromatic rings. The van der Waals surface area contributed by atoms with Crippen LogP contribution in [0.1, 0.15) is 13.3 Å². The monoisotopic (exact) mass is 416 g/mol. The summed E-state index contributed by atoms with van der Waals surface area (Å²) in [5.74, 6) is -3.52. The third-order valence-electron chi connectivity index (χ3n) is 4.64. The predicted octanol–water partition coefficient (Wildman–Crippen LogP) is 3.92. The third-order valence-corrected chi connectivity index (χ3v) is 4.89. The molecule has 0 spiro atoms. The van der Waals surface area contributed by atoms with Gasteiger partial charge in [0.2, 0.25) is 11.8 Å². The van der Waals surface area contributed by atoms with Gasteiger partial charge in [0, 0.05) is 22.8 Å². The van der Waals surface area contributed by atoms with Gasteiger partial charge in [-0.25, -0.2) is 9.18 Å². The summed E-state index contributed by atoms with van der Waals surface area (Å²) in [7, 11) is 1.19. The second kappa shape index (κ2) is 8.45. The van der Waals surface area contributed by atoms with Gasteiger partial charge in [0.25, 0.3) is 0 Å². The van der Waals surface area contributed by atoms with E-state index in [1.165, 1.54) is 30.2 Å². The molecule has 1 atom stereocenters. The number of hydrogen-bond acceptors (Lipinski definition) is 4. The van der Waals surface area contributed by atoms with Crippen LogP contribution in [0.15, 0.2) is 59.8 Å². The molecule has 0 unspecified atom stereocenters. The fourth-order valence-corrected chi connectivity index (χ4v) is 3.39. The van der Waals surface area contributed by atoms with E-state index in [-0.39, 0.29) is 29.3 Å². The molecule has 2 amide bonds. The van der Waals surface area contributed by atoms with Gasteiger partial charge in [0.05, 0.1) is 24.3 Å². The summed E-state index contributed by atoms with van der Waals surface area (Å²) in [5, 5.41) is 2.94. The van der Waals surface area contributed by atoms with E-state index in [1.54, 1.807) is 37.3 Å². The first-order valence-corrected chi connectivity index (χ1v) is 9.14. The minimum atomic E-state index is -1.11. The van der Waals surface area contributed by atoms with Crippen LogP contribution in [0.2, 0.25) is 5.02 Å². The standard InChI is InChI=1S/C21H18ClFN2O4/c1-12-19(21(28)29-2)15(20(27)24-17-6-4-3-5-16(17)23)11-18(26)25(12)14-9-7-13(22)8-10-14/h3-10,15H,11H2,1-2H3,(H,24,27)/t15-/m0/s1. The maximum absolute atomic E-state index is 13.9. The van der Waals surface area contributed by atoms with Gasteiger partial charge in [-0.3, -0.25) is 14.5 Å². The molecule has 1 N–H and O–H groups in total. The van der Waals surface area contributed by atoms with Crippen LogP contribution in [0.5, 0.6) is 0 Å². The topological polar surface area (TPSA) is 75.7 Å². The van der Waals surface area contributed by atoms with E-state index in [0.29, 0.717) is 10.7 Å². The normalized spacial score (nSPS) is 16.6. The van der Waals surface area contributed by atoms with Crippen LogP contribution in [0, 0.1) is 11.7 Å². The maximum atomic E-state index is 13.9. The van der Waals surface area contributed by atoms with Crippen LogP contribution in [-0.4, -0.2) is 24.9 Å². The van der Waals surface area contributed by atoms with Gasteiger partial charge in [-0.1, -0.05) is 23.7 Å². The first kappa shape index (κ1) is 20.5. The van der Waals surface area contributed by atoms with Crippen LogP contribution in [0.3, 0.4) is 0 Å². The van der Waals surface area contributed by atoms with Crippen molar-refractivity contribution in [2.75, 3.05) is 17.3 Å². The summed E-state index contributed by atoms with van der Waals surface area (Å²) in [6, 6.07) is 12.2. The Labute approximate surface area is 171 Å². The zero-order chi connectivity index (χ0) is 21.1. The third kappa shape index (κ3) is 4.14. The molecule has 1 aliphatic heterocycles. The van der Waals surface area contributed by atoms with Crippen LogP contribution >= 0.6 is 11.6 Å². The number of carbonyl (C=O) groups excluding carboxylic acids is 3. The van der Waals surface area contributed by atoms with Gasteiger partial charge >= 0.3 is 5.97 Å². The van der Waals surface area contributed by atoms with Crippen molar-refractivity contribution in [3.8, 4) is 0 Å². The zero-order valence-corrected chi connectivity index (χ0v) is 16.5. The molecule has 1 heterocycles. The van der Waals surface area contributed by atoms with Crippen molar-refractivity contribution in [1.29, 1.82) is 0 Å². The van der Waals surface area contributed by atoms with Crippen molar-refractivity contribution < 1.29 is 23.5 Å². The number of methoxy groups -OCH3 is 1. The zero-order valence-electron chi connectivity index (χ0n) is 15.7. The number of allylic oxidation sites excluding steroid dienone is 1. The fraction of sp³-hybridized carbons (Fsp3) is 0.190. The van der Waals surface area contributed by atoms with Crippen LogP contribution in [0.25, 0.3) is 0 Å². The van der Waals surface area contributed by atoms with Gasteiger partial charge in [-0.15, -0.1) is 0 Å². The lowest BCUT2D eigenvalue weighted by Crippen LogP contribution is -2.43. The SMILES string of the molecule is COC(=O)C1=C(C)N(c2ccc(Cl)cc2)C(=O)C[C@@H]1C(=O)Nc1ccccc1F. The number of nitrogens with zero attached hydrogens (tertiary/aromatic N) is 1. The lowest BCUT2D eigenvalue weighted by atomic mass is 9.88. The van der Waals surface area contributed by atoms with E-state index in [9.17, 15) is 18.8 Å². The van der Waals surface area contributed by atoms with Crippen LogP contribution < -0.4 is 10.2 Å². The van der Waals surface area contributed by atoms with Crippen molar-refractivity contribution in [2.45, 2.75) is 13.3 Å². The summed E-state index contributed by atoms with van der Waals surface area (Å²) in [6.07, 6.45) is -0.273. The second-order valence-corrected chi connectivity index (χ2v) is 6.86. The highest BCUT2D eigenvalue weighted by atomic mass is 35.5. The van der Waals surface area contributed by atoms with Crippen molar-refractivity contribution in [2.24, 2.45) is 5.92 Å². The molecule has 0 aromatic heterocycles. The van der Waals surface area contributed by atoms with Gasteiger partial charge in [0.15, 0.2) is 0 Å². The van der Waals surface area contributed by atoms with Gasteiger partial charge in [-0.2, -0.15) is 0 Å². The quantitative estimate of drug-likeness (QED) is 0.766. The van der Waals surface area contributed by atoms with Crippen LogP contribution in [-0.2, 0) is 19.1 Å². The first-order chi connectivity index (χ1) is 13.8. The Balaban J connectivity index is 2.01. The molecular weight excluding hydrogens is 399 g/mol. The molecule has 0 bridgehead atoms. The lowest BCUT2D eigenvalue weighted by molar-refractivity contribution is -0.138. The summed E-state index contributed by atoms with van der Waals surface area (Å²) in [6.45, 7) is 1.56. The van der Waals surface area contributed by atoms with Crippen molar-refractivity contribution in [3.63, 3.8) is 0 Å². The van der Waals surface area contributed by atoms with Crippen LogP contribution in [0.4, 0.5) is 15.8 Å². The number of carbonyl (C=O) groups is 3. The molecule has 29 heavy (non-hydrogen) atoms. The Morgan fingerprint density at radius 2 is 1.83 bits per heavy atom. The fourth-order valence-electron chi connectivity index (χ4n) is 3.26. The number of amides is 2. The highest BCUT2D eigenvalue weighted by molar-refractivity contribution is 6.30. The number of benzene rings is 2. The van der Waals surface area contributed by atoms with Gasteiger partial charge in [0.1, 0.15) is 5.82 Å². The molecule has 0 saturated carbocycles. The molecule has 3 rings (SSSR count). The predicted molar refractivity (Wildman–Crippen MR) is 107 cm³/mol. The highest BCUT2D eigenvalue weighted by Crippen LogP contribution is 2.34. The average Bonchev–Trinajstić information content (AvgIpc) is 2.70.